The second kappa shape index (κ2) is 6.55. The zero-order valence-corrected chi connectivity index (χ0v) is 12.0. The zero-order chi connectivity index (χ0) is 13.0. The van der Waals surface area contributed by atoms with Gasteiger partial charge in [-0.3, -0.25) is 4.79 Å². The van der Waals surface area contributed by atoms with Crippen LogP contribution in [0.3, 0.4) is 0 Å². The Morgan fingerprint density at radius 3 is 2.50 bits per heavy atom. The maximum absolute atomic E-state index is 12.4. The maximum atomic E-state index is 12.4. The van der Waals surface area contributed by atoms with Gasteiger partial charge in [-0.25, -0.2) is 0 Å². The monoisotopic (exact) mass is 252 g/mol. The standard InChI is InChI=1S/C15H28N2O/c1-12-11-17(13(2)10-16-12)15(18)9-14-7-5-3-4-6-8-14/h12-14,16H,3-11H2,1-2H3. The summed E-state index contributed by atoms with van der Waals surface area (Å²) in [6.07, 6.45) is 8.70. The smallest absolute Gasteiger partial charge is 0.223 e. The molecule has 2 atom stereocenters. The van der Waals surface area contributed by atoms with Crippen LogP contribution in [0.1, 0.15) is 58.8 Å². The number of hydrogen-bond acceptors (Lipinski definition) is 2. The van der Waals surface area contributed by atoms with E-state index in [1.807, 2.05) is 0 Å². The fraction of sp³-hybridized carbons (Fsp3) is 0.933. The van der Waals surface area contributed by atoms with Crippen molar-refractivity contribution in [1.82, 2.24) is 10.2 Å². The highest BCUT2D eigenvalue weighted by Crippen LogP contribution is 2.26. The number of nitrogens with zero attached hydrogens (tertiary/aromatic N) is 1. The first kappa shape index (κ1) is 13.9. The van der Waals surface area contributed by atoms with Gasteiger partial charge >= 0.3 is 0 Å². The van der Waals surface area contributed by atoms with Crippen LogP contribution in [0.15, 0.2) is 0 Å². The van der Waals surface area contributed by atoms with Gasteiger partial charge in [-0.05, 0) is 32.6 Å². The van der Waals surface area contributed by atoms with Crippen LogP contribution in [0.2, 0.25) is 0 Å². The Balaban J connectivity index is 1.85. The fourth-order valence-electron chi connectivity index (χ4n) is 3.30. The van der Waals surface area contributed by atoms with E-state index in [0.717, 1.165) is 19.5 Å². The van der Waals surface area contributed by atoms with Gasteiger partial charge in [0.05, 0.1) is 0 Å². The number of nitrogens with one attached hydrogen (secondary N) is 1. The molecule has 1 saturated carbocycles. The van der Waals surface area contributed by atoms with Gasteiger partial charge in [0.25, 0.3) is 0 Å². The van der Waals surface area contributed by atoms with Crippen molar-refractivity contribution in [2.45, 2.75) is 70.9 Å². The number of carbonyl (C=O) groups excluding carboxylic acids is 1. The maximum Gasteiger partial charge on any atom is 0.223 e. The lowest BCUT2D eigenvalue weighted by atomic mass is 9.95. The normalized spacial score (nSPS) is 31.1. The number of rotatable bonds is 2. The van der Waals surface area contributed by atoms with Crippen LogP contribution in [0, 0.1) is 5.92 Å². The van der Waals surface area contributed by atoms with Gasteiger partial charge in [0.15, 0.2) is 0 Å². The lowest BCUT2D eigenvalue weighted by molar-refractivity contribution is -0.135. The number of hydrogen-bond donors (Lipinski definition) is 1. The van der Waals surface area contributed by atoms with E-state index in [-0.39, 0.29) is 0 Å². The molecule has 1 aliphatic carbocycles. The van der Waals surface area contributed by atoms with Gasteiger partial charge in [0.1, 0.15) is 0 Å². The molecular weight excluding hydrogens is 224 g/mol. The van der Waals surface area contributed by atoms with Crippen LogP contribution in [0.4, 0.5) is 0 Å². The molecule has 0 bridgehead atoms. The summed E-state index contributed by atoms with van der Waals surface area (Å²) in [5, 5.41) is 3.44. The lowest BCUT2D eigenvalue weighted by Gasteiger charge is -2.38. The molecule has 1 heterocycles. The minimum absolute atomic E-state index is 0.361. The first-order chi connectivity index (χ1) is 8.66. The summed E-state index contributed by atoms with van der Waals surface area (Å²) in [5.74, 6) is 1.04. The first-order valence-corrected chi connectivity index (χ1v) is 7.69. The van der Waals surface area contributed by atoms with Gasteiger partial charge in [-0.2, -0.15) is 0 Å². The molecule has 0 spiro atoms. The van der Waals surface area contributed by atoms with Crippen LogP contribution >= 0.6 is 0 Å². The predicted octanol–water partition coefficient (Wildman–Crippen LogP) is 2.56. The topological polar surface area (TPSA) is 32.3 Å². The summed E-state index contributed by atoms with van der Waals surface area (Å²) < 4.78 is 0. The average Bonchev–Trinajstić information content (AvgIpc) is 2.61. The summed E-state index contributed by atoms with van der Waals surface area (Å²) in [5.41, 5.74) is 0. The van der Waals surface area contributed by atoms with E-state index >= 15 is 0 Å². The van der Waals surface area contributed by atoms with Crippen molar-refractivity contribution in [2.75, 3.05) is 13.1 Å². The molecule has 3 heteroatoms. The second-order valence-corrected chi connectivity index (χ2v) is 6.27. The van der Waals surface area contributed by atoms with Gasteiger partial charge < -0.3 is 10.2 Å². The van der Waals surface area contributed by atoms with Crippen LogP contribution < -0.4 is 5.32 Å². The van der Waals surface area contributed by atoms with Crippen LogP contribution in [0.5, 0.6) is 0 Å². The molecule has 1 N–H and O–H groups in total. The summed E-state index contributed by atoms with van der Waals surface area (Å²) in [7, 11) is 0. The van der Waals surface area contributed by atoms with Crippen molar-refractivity contribution in [3.8, 4) is 0 Å². The molecule has 1 amide bonds. The summed E-state index contributed by atoms with van der Waals surface area (Å²) in [4.78, 5) is 14.5. The van der Waals surface area contributed by atoms with Crippen molar-refractivity contribution >= 4 is 5.91 Å². The Hall–Kier alpha value is -0.570. The van der Waals surface area contributed by atoms with Crippen molar-refractivity contribution in [3.05, 3.63) is 0 Å². The highest BCUT2D eigenvalue weighted by atomic mass is 16.2. The molecule has 18 heavy (non-hydrogen) atoms. The van der Waals surface area contributed by atoms with Gasteiger partial charge in [0, 0.05) is 31.6 Å². The molecule has 1 aliphatic heterocycles. The number of amides is 1. The third kappa shape index (κ3) is 3.71. The largest absolute Gasteiger partial charge is 0.337 e. The fourth-order valence-corrected chi connectivity index (χ4v) is 3.30. The molecule has 1 saturated heterocycles. The highest BCUT2D eigenvalue weighted by Gasteiger charge is 2.28. The van der Waals surface area contributed by atoms with Crippen molar-refractivity contribution in [1.29, 1.82) is 0 Å². The van der Waals surface area contributed by atoms with E-state index in [1.54, 1.807) is 0 Å². The molecule has 0 aromatic heterocycles. The molecule has 0 aromatic carbocycles. The van der Waals surface area contributed by atoms with Crippen molar-refractivity contribution in [2.24, 2.45) is 5.92 Å². The highest BCUT2D eigenvalue weighted by molar-refractivity contribution is 5.77. The minimum atomic E-state index is 0.361. The molecule has 3 nitrogen and oxygen atoms in total. The Labute approximate surface area is 111 Å². The second-order valence-electron chi connectivity index (χ2n) is 6.27. The Kier molecular flexibility index (Phi) is 5.04. The quantitative estimate of drug-likeness (QED) is 0.766. The van der Waals surface area contributed by atoms with E-state index in [1.165, 1.54) is 38.5 Å². The van der Waals surface area contributed by atoms with E-state index in [0.29, 0.717) is 23.9 Å². The molecule has 2 unspecified atom stereocenters. The lowest BCUT2D eigenvalue weighted by Crippen LogP contribution is -2.56. The average molecular weight is 252 g/mol. The molecule has 2 rings (SSSR count). The van der Waals surface area contributed by atoms with Crippen molar-refractivity contribution < 1.29 is 4.79 Å². The predicted molar refractivity (Wildman–Crippen MR) is 74.4 cm³/mol. The van der Waals surface area contributed by atoms with E-state index < -0.39 is 0 Å². The third-order valence-corrected chi connectivity index (χ3v) is 4.52. The Morgan fingerprint density at radius 1 is 1.17 bits per heavy atom. The van der Waals surface area contributed by atoms with Crippen LogP contribution in [-0.4, -0.2) is 36.0 Å². The number of carbonyl (C=O) groups is 1. The first-order valence-electron chi connectivity index (χ1n) is 7.69. The Morgan fingerprint density at radius 2 is 1.83 bits per heavy atom. The Bertz CT molecular complexity index is 272. The molecule has 0 aromatic rings. The SMILES string of the molecule is CC1CN(C(=O)CC2CCCCCC2)C(C)CN1. The molecular formula is C15H28N2O. The van der Waals surface area contributed by atoms with Crippen molar-refractivity contribution in [3.63, 3.8) is 0 Å². The van der Waals surface area contributed by atoms with Crippen LogP contribution in [-0.2, 0) is 4.79 Å². The van der Waals surface area contributed by atoms with Crippen LogP contribution in [0.25, 0.3) is 0 Å². The summed E-state index contributed by atoms with van der Waals surface area (Å²) >= 11 is 0. The molecule has 104 valence electrons. The minimum Gasteiger partial charge on any atom is -0.337 e. The summed E-state index contributed by atoms with van der Waals surface area (Å²) in [6, 6.07) is 0.804. The van der Waals surface area contributed by atoms with E-state index in [4.69, 9.17) is 0 Å². The van der Waals surface area contributed by atoms with E-state index in [2.05, 4.69) is 24.1 Å². The van der Waals surface area contributed by atoms with E-state index in [9.17, 15) is 4.79 Å². The van der Waals surface area contributed by atoms with Gasteiger partial charge in [-0.1, -0.05) is 25.7 Å². The van der Waals surface area contributed by atoms with Gasteiger partial charge in [-0.15, -0.1) is 0 Å². The number of piperazine rings is 1. The third-order valence-electron chi connectivity index (χ3n) is 4.52. The zero-order valence-electron chi connectivity index (χ0n) is 12.0. The molecule has 2 aliphatic rings. The molecule has 0 radical (unpaired) electrons. The molecule has 2 fully saturated rings. The van der Waals surface area contributed by atoms with Gasteiger partial charge in [0.2, 0.25) is 5.91 Å². The summed E-state index contributed by atoms with van der Waals surface area (Å²) in [6.45, 7) is 6.14.